The normalized spacial score (nSPS) is 16.5. The maximum atomic E-state index is 12.5. The third-order valence-corrected chi connectivity index (χ3v) is 4.65. The number of aromatic nitrogens is 2. The fraction of sp³-hybridized carbons (Fsp3) is 0.500. The Kier molecular flexibility index (Phi) is 5.36. The summed E-state index contributed by atoms with van der Waals surface area (Å²) in [5.41, 5.74) is 1.83. The molecule has 1 aliphatic heterocycles. The molecule has 0 radical (unpaired) electrons. The van der Waals surface area contributed by atoms with Crippen molar-refractivity contribution >= 4 is 22.8 Å². The van der Waals surface area contributed by atoms with Gasteiger partial charge in [-0.3, -0.25) is 4.79 Å². The van der Waals surface area contributed by atoms with Gasteiger partial charge >= 0.3 is 5.97 Å². The van der Waals surface area contributed by atoms with Crippen LogP contribution in [-0.4, -0.2) is 35.1 Å². The summed E-state index contributed by atoms with van der Waals surface area (Å²) in [6.07, 6.45) is 1.83. The number of carbonyl (C=O) groups is 1. The lowest BCUT2D eigenvalue weighted by molar-refractivity contribution is -0.147. The van der Waals surface area contributed by atoms with Crippen LogP contribution in [-0.2, 0) is 9.53 Å². The molecule has 1 atom stereocenters. The van der Waals surface area contributed by atoms with Gasteiger partial charge in [0, 0.05) is 13.1 Å². The summed E-state index contributed by atoms with van der Waals surface area (Å²) in [6.45, 7) is 7.47. The van der Waals surface area contributed by atoms with E-state index in [0.717, 1.165) is 31.4 Å². The first-order chi connectivity index (χ1) is 12.5. The van der Waals surface area contributed by atoms with E-state index >= 15 is 0 Å². The molecule has 1 unspecified atom stereocenters. The standard InChI is InChI=1S/C20H24N4O2/c1-13(2)26-20(25)15(12-21)18-19(24-10-8-14(3)9-11-24)23-17-7-5-4-6-16(17)22-18/h4-7,13-15H,8-11H2,1-3H3. The topological polar surface area (TPSA) is 79.1 Å². The van der Waals surface area contributed by atoms with Crippen LogP contribution >= 0.6 is 0 Å². The maximum Gasteiger partial charge on any atom is 0.329 e. The Morgan fingerprint density at radius 1 is 1.23 bits per heavy atom. The van der Waals surface area contributed by atoms with Gasteiger partial charge in [0.2, 0.25) is 0 Å². The van der Waals surface area contributed by atoms with Crippen LogP contribution in [0.5, 0.6) is 0 Å². The Bertz CT molecular complexity index is 835. The number of anilines is 1. The Morgan fingerprint density at radius 2 is 1.85 bits per heavy atom. The number of carbonyl (C=O) groups excluding carboxylic acids is 1. The molecule has 0 bridgehead atoms. The van der Waals surface area contributed by atoms with Crippen LogP contribution in [0.1, 0.15) is 45.2 Å². The van der Waals surface area contributed by atoms with Gasteiger partial charge in [0.25, 0.3) is 0 Å². The largest absolute Gasteiger partial charge is 0.462 e. The van der Waals surface area contributed by atoms with E-state index in [2.05, 4.69) is 22.9 Å². The van der Waals surface area contributed by atoms with E-state index in [4.69, 9.17) is 9.72 Å². The fourth-order valence-electron chi connectivity index (χ4n) is 3.18. The summed E-state index contributed by atoms with van der Waals surface area (Å²) in [7, 11) is 0. The highest BCUT2D eigenvalue weighted by Gasteiger charge is 2.31. The van der Waals surface area contributed by atoms with E-state index in [1.165, 1.54) is 0 Å². The van der Waals surface area contributed by atoms with Crippen LogP contribution in [0.15, 0.2) is 24.3 Å². The van der Waals surface area contributed by atoms with Crippen LogP contribution in [0.25, 0.3) is 11.0 Å². The molecule has 1 aromatic carbocycles. The van der Waals surface area contributed by atoms with Crippen LogP contribution in [0.2, 0.25) is 0 Å². The smallest absolute Gasteiger partial charge is 0.329 e. The number of ether oxygens (including phenoxy) is 1. The monoisotopic (exact) mass is 352 g/mol. The molecule has 0 amide bonds. The molecule has 6 heteroatoms. The number of piperidine rings is 1. The summed E-state index contributed by atoms with van der Waals surface area (Å²) in [5.74, 6) is -0.355. The maximum absolute atomic E-state index is 12.5. The number of nitriles is 1. The van der Waals surface area contributed by atoms with Crippen molar-refractivity contribution < 1.29 is 9.53 Å². The Hall–Kier alpha value is -2.68. The Morgan fingerprint density at radius 3 is 2.42 bits per heavy atom. The van der Waals surface area contributed by atoms with E-state index < -0.39 is 11.9 Å². The average molecular weight is 352 g/mol. The molecule has 2 aromatic rings. The first kappa shape index (κ1) is 18.1. The van der Waals surface area contributed by atoms with Gasteiger partial charge in [-0.1, -0.05) is 19.1 Å². The first-order valence-electron chi connectivity index (χ1n) is 9.11. The molecular weight excluding hydrogens is 328 g/mol. The van der Waals surface area contributed by atoms with Gasteiger partial charge in [0.1, 0.15) is 5.69 Å². The SMILES string of the molecule is CC1CCN(c2nc3ccccc3nc2C(C#N)C(=O)OC(C)C)CC1. The van der Waals surface area contributed by atoms with Crippen molar-refractivity contribution in [1.29, 1.82) is 5.26 Å². The summed E-state index contributed by atoms with van der Waals surface area (Å²) >= 11 is 0. The van der Waals surface area contributed by atoms with Crippen molar-refractivity contribution in [2.45, 2.75) is 45.6 Å². The van der Waals surface area contributed by atoms with Crippen molar-refractivity contribution in [2.75, 3.05) is 18.0 Å². The zero-order valence-corrected chi connectivity index (χ0v) is 15.5. The minimum Gasteiger partial charge on any atom is -0.462 e. The van der Waals surface area contributed by atoms with Gasteiger partial charge in [0.15, 0.2) is 11.7 Å². The van der Waals surface area contributed by atoms with E-state index in [0.29, 0.717) is 22.9 Å². The van der Waals surface area contributed by atoms with Gasteiger partial charge in [0.05, 0.1) is 23.2 Å². The molecule has 6 nitrogen and oxygen atoms in total. The van der Waals surface area contributed by atoms with E-state index in [1.54, 1.807) is 13.8 Å². The lowest BCUT2D eigenvalue weighted by Gasteiger charge is -2.32. The molecule has 0 spiro atoms. The molecule has 1 saturated heterocycles. The Balaban J connectivity index is 2.07. The second kappa shape index (κ2) is 7.69. The minimum atomic E-state index is -1.08. The highest BCUT2D eigenvalue weighted by atomic mass is 16.5. The average Bonchev–Trinajstić information content (AvgIpc) is 2.62. The van der Waals surface area contributed by atoms with Crippen molar-refractivity contribution in [2.24, 2.45) is 5.92 Å². The highest BCUT2D eigenvalue weighted by Crippen LogP contribution is 2.30. The number of hydrogen-bond acceptors (Lipinski definition) is 6. The van der Waals surface area contributed by atoms with Crippen LogP contribution in [0.4, 0.5) is 5.82 Å². The fourth-order valence-corrected chi connectivity index (χ4v) is 3.18. The highest BCUT2D eigenvalue weighted by molar-refractivity contribution is 5.85. The molecule has 26 heavy (non-hydrogen) atoms. The van der Waals surface area contributed by atoms with Crippen LogP contribution < -0.4 is 4.90 Å². The van der Waals surface area contributed by atoms with E-state index in [-0.39, 0.29) is 6.10 Å². The summed E-state index contributed by atoms with van der Waals surface area (Å²) in [5, 5.41) is 9.66. The molecule has 0 N–H and O–H groups in total. The van der Waals surface area contributed by atoms with Gasteiger partial charge < -0.3 is 9.64 Å². The zero-order valence-electron chi connectivity index (χ0n) is 15.5. The number of para-hydroxylation sites is 2. The number of hydrogen-bond donors (Lipinski definition) is 0. The van der Waals surface area contributed by atoms with Gasteiger partial charge in [-0.2, -0.15) is 5.26 Å². The van der Waals surface area contributed by atoms with Gasteiger partial charge in [-0.15, -0.1) is 0 Å². The number of fused-ring (bicyclic) bond motifs is 1. The molecule has 1 fully saturated rings. The molecule has 1 aromatic heterocycles. The van der Waals surface area contributed by atoms with Gasteiger partial charge in [-0.25, -0.2) is 9.97 Å². The number of nitrogens with zero attached hydrogens (tertiary/aromatic N) is 4. The lowest BCUT2D eigenvalue weighted by Crippen LogP contribution is -2.35. The van der Waals surface area contributed by atoms with E-state index in [1.807, 2.05) is 24.3 Å². The quantitative estimate of drug-likeness (QED) is 0.785. The molecular formula is C20H24N4O2. The van der Waals surface area contributed by atoms with E-state index in [9.17, 15) is 10.1 Å². The van der Waals surface area contributed by atoms with Crippen molar-refractivity contribution in [3.05, 3.63) is 30.0 Å². The zero-order chi connectivity index (χ0) is 18.7. The van der Waals surface area contributed by atoms with Crippen LogP contribution in [0, 0.1) is 17.2 Å². The third kappa shape index (κ3) is 3.77. The first-order valence-corrected chi connectivity index (χ1v) is 9.11. The lowest BCUT2D eigenvalue weighted by atomic mass is 9.98. The second-order valence-corrected chi connectivity index (χ2v) is 7.14. The molecule has 1 aliphatic rings. The molecule has 136 valence electrons. The number of benzene rings is 1. The summed E-state index contributed by atoms with van der Waals surface area (Å²) < 4.78 is 5.28. The third-order valence-electron chi connectivity index (χ3n) is 4.65. The van der Waals surface area contributed by atoms with Crippen molar-refractivity contribution in [1.82, 2.24) is 9.97 Å². The number of esters is 1. The molecule has 0 aliphatic carbocycles. The predicted octanol–water partition coefficient (Wildman–Crippen LogP) is 3.42. The molecule has 2 heterocycles. The van der Waals surface area contributed by atoms with Gasteiger partial charge in [-0.05, 0) is 44.7 Å². The Labute approximate surface area is 153 Å². The predicted molar refractivity (Wildman–Crippen MR) is 99.7 cm³/mol. The summed E-state index contributed by atoms with van der Waals surface area (Å²) in [6, 6.07) is 9.60. The molecule has 0 saturated carbocycles. The van der Waals surface area contributed by atoms with Crippen molar-refractivity contribution in [3.63, 3.8) is 0 Å². The summed E-state index contributed by atoms with van der Waals surface area (Å²) in [4.78, 5) is 24.0. The van der Waals surface area contributed by atoms with Crippen molar-refractivity contribution in [3.8, 4) is 6.07 Å². The second-order valence-electron chi connectivity index (χ2n) is 7.14. The minimum absolute atomic E-state index is 0.286. The number of rotatable bonds is 4. The van der Waals surface area contributed by atoms with Crippen LogP contribution in [0.3, 0.4) is 0 Å². The molecule has 3 rings (SSSR count).